The molecule has 6 nitrogen and oxygen atoms in total. The van der Waals surface area contributed by atoms with E-state index in [-0.39, 0.29) is 0 Å². The second kappa shape index (κ2) is 6.02. The predicted molar refractivity (Wildman–Crippen MR) is 92.9 cm³/mol. The molecule has 0 amide bonds. The van der Waals surface area contributed by atoms with Crippen LogP contribution >= 0.6 is 0 Å². The highest BCUT2D eigenvalue weighted by atomic mass is 15.3. The summed E-state index contributed by atoms with van der Waals surface area (Å²) < 4.78 is 1.92. The van der Waals surface area contributed by atoms with E-state index in [2.05, 4.69) is 45.2 Å². The second-order valence-corrected chi connectivity index (χ2v) is 6.95. The number of hydrogen-bond acceptors (Lipinski definition) is 4. The maximum Gasteiger partial charge on any atom is 0.159 e. The average molecular weight is 324 g/mol. The smallest absolute Gasteiger partial charge is 0.159 e. The monoisotopic (exact) mass is 324 g/mol. The summed E-state index contributed by atoms with van der Waals surface area (Å²) >= 11 is 0. The van der Waals surface area contributed by atoms with E-state index in [0.717, 1.165) is 48.5 Å². The predicted octanol–water partition coefficient (Wildman–Crippen LogP) is 2.58. The van der Waals surface area contributed by atoms with Crippen molar-refractivity contribution in [3.8, 4) is 0 Å². The zero-order valence-corrected chi connectivity index (χ0v) is 14.6. The van der Waals surface area contributed by atoms with E-state index < -0.39 is 0 Å². The van der Waals surface area contributed by atoms with E-state index >= 15 is 0 Å². The lowest BCUT2D eigenvalue weighted by Crippen LogP contribution is -2.19. The highest BCUT2D eigenvalue weighted by Gasteiger charge is 2.18. The van der Waals surface area contributed by atoms with Gasteiger partial charge in [0.05, 0.1) is 11.9 Å². The molecule has 0 aromatic carbocycles. The van der Waals surface area contributed by atoms with Gasteiger partial charge < -0.3 is 0 Å². The first-order valence-electron chi connectivity index (χ1n) is 8.66. The van der Waals surface area contributed by atoms with Crippen molar-refractivity contribution in [1.29, 1.82) is 0 Å². The van der Waals surface area contributed by atoms with Crippen LogP contribution in [0.25, 0.3) is 5.65 Å². The van der Waals surface area contributed by atoms with E-state index in [0.29, 0.717) is 0 Å². The molecule has 1 aliphatic carbocycles. The molecular weight excluding hydrogens is 300 g/mol. The summed E-state index contributed by atoms with van der Waals surface area (Å²) in [6.45, 7) is 5.77. The lowest BCUT2D eigenvalue weighted by molar-refractivity contribution is 0.314. The molecule has 0 unspecified atom stereocenters. The minimum absolute atomic E-state index is 0.820. The quantitative estimate of drug-likeness (QED) is 0.801. The highest BCUT2D eigenvalue weighted by molar-refractivity contribution is 5.47. The molecule has 126 valence electrons. The largest absolute Gasteiger partial charge is 0.296 e. The van der Waals surface area contributed by atoms with Crippen LogP contribution in [0.2, 0.25) is 0 Å². The Morgan fingerprint density at radius 3 is 2.92 bits per heavy atom. The van der Waals surface area contributed by atoms with Crippen LogP contribution in [-0.4, -0.2) is 36.7 Å². The molecule has 24 heavy (non-hydrogen) atoms. The summed E-state index contributed by atoms with van der Waals surface area (Å²) in [6, 6.07) is 2.06. The van der Waals surface area contributed by atoms with Gasteiger partial charge in [-0.2, -0.15) is 10.2 Å². The van der Waals surface area contributed by atoms with Crippen molar-refractivity contribution in [3.05, 3.63) is 46.2 Å². The van der Waals surface area contributed by atoms with Gasteiger partial charge in [0, 0.05) is 35.7 Å². The molecule has 3 aromatic rings. The van der Waals surface area contributed by atoms with Gasteiger partial charge in [-0.25, -0.2) is 9.50 Å². The number of fused-ring (bicyclic) bond motifs is 2. The molecule has 1 N–H and O–H groups in total. The Bertz CT molecular complexity index is 875. The Kier molecular flexibility index (Phi) is 3.84. The number of nitrogens with one attached hydrogen (secondary N) is 1. The fourth-order valence-electron chi connectivity index (χ4n) is 3.71. The van der Waals surface area contributed by atoms with E-state index in [1.807, 2.05) is 17.6 Å². The minimum Gasteiger partial charge on any atom is -0.296 e. The molecule has 3 heterocycles. The van der Waals surface area contributed by atoms with Gasteiger partial charge >= 0.3 is 0 Å². The van der Waals surface area contributed by atoms with Gasteiger partial charge in [0.15, 0.2) is 5.65 Å². The molecule has 0 aliphatic heterocycles. The van der Waals surface area contributed by atoms with Crippen LogP contribution in [0, 0.1) is 13.8 Å². The number of nitrogens with zero attached hydrogens (tertiary/aromatic N) is 5. The zero-order chi connectivity index (χ0) is 16.7. The maximum atomic E-state index is 4.67. The van der Waals surface area contributed by atoms with Gasteiger partial charge in [-0.15, -0.1) is 0 Å². The van der Waals surface area contributed by atoms with Crippen LogP contribution in [0.1, 0.15) is 46.7 Å². The molecule has 6 heteroatoms. The Labute approximate surface area is 141 Å². The van der Waals surface area contributed by atoms with Gasteiger partial charge in [-0.05, 0) is 58.2 Å². The third kappa shape index (κ3) is 2.71. The van der Waals surface area contributed by atoms with E-state index in [1.54, 1.807) is 0 Å². The van der Waals surface area contributed by atoms with Crippen LogP contribution in [0.15, 0.2) is 12.3 Å². The fourth-order valence-corrected chi connectivity index (χ4v) is 3.71. The molecular formula is C18H24N6. The summed E-state index contributed by atoms with van der Waals surface area (Å²) in [6.07, 6.45) is 6.79. The maximum absolute atomic E-state index is 4.67. The van der Waals surface area contributed by atoms with Crippen molar-refractivity contribution >= 4 is 5.65 Å². The Morgan fingerprint density at radius 1 is 1.21 bits per heavy atom. The number of rotatable bonds is 4. The van der Waals surface area contributed by atoms with Gasteiger partial charge in [-0.1, -0.05) is 0 Å². The molecule has 0 spiro atoms. The van der Waals surface area contributed by atoms with Gasteiger partial charge in [-0.3, -0.25) is 10.00 Å². The SMILES string of the molecule is Cc1cc(C)n2ncc(CN(C)Cc3n[nH]c4c3CCCC4)c2n1. The molecule has 0 atom stereocenters. The van der Waals surface area contributed by atoms with Gasteiger partial charge in [0.2, 0.25) is 0 Å². The van der Waals surface area contributed by atoms with Crippen molar-refractivity contribution < 1.29 is 0 Å². The standard InChI is InChI=1S/C18H24N6/c1-12-8-13(2)24-18(20-12)14(9-19-24)10-23(3)11-17-15-6-4-5-7-16(15)21-22-17/h8-9H,4-7,10-11H2,1-3H3,(H,21,22). The molecule has 0 saturated carbocycles. The van der Waals surface area contributed by atoms with Crippen molar-refractivity contribution in [2.24, 2.45) is 0 Å². The molecule has 0 bridgehead atoms. The van der Waals surface area contributed by atoms with Crippen LogP contribution in [0.4, 0.5) is 0 Å². The summed E-state index contributed by atoms with van der Waals surface area (Å²) in [4.78, 5) is 6.96. The van der Waals surface area contributed by atoms with Crippen LogP contribution in [-0.2, 0) is 25.9 Å². The Balaban J connectivity index is 1.54. The Morgan fingerprint density at radius 2 is 2.04 bits per heavy atom. The first kappa shape index (κ1) is 15.3. The highest BCUT2D eigenvalue weighted by Crippen LogP contribution is 2.23. The van der Waals surface area contributed by atoms with E-state index in [4.69, 9.17) is 0 Å². The first-order valence-corrected chi connectivity index (χ1v) is 8.66. The van der Waals surface area contributed by atoms with E-state index in [1.165, 1.54) is 29.8 Å². The summed E-state index contributed by atoms with van der Waals surface area (Å²) in [7, 11) is 2.13. The Hall–Kier alpha value is -2.21. The fraction of sp³-hybridized carbons (Fsp3) is 0.500. The van der Waals surface area contributed by atoms with Crippen LogP contribution in [0.5, 0.6) is 0 Å². The summed E-state index contributed by atoms with van der Waals surface area (Å²) in [5.41, 5.74) is 8.26. The number of aryl methyl sites for hydroxylation is 3. The van der Waals surface area contributed by atoms with Crippen molar-refractivity contribution in [3.63, 3.8) is 0 Å². The van der Waals surface area contributed by atoms with Crippen molar-refractivity contribution in [1.82, 2.24) is 29.7 Å². The van der Waals surface area contributed by atoms with Gasteiger partial charge in [0.1, 0.15) is 0 Å². The molecule has 0 radical (unpaired) electrons. The van der Waals surface area contributed by atoms with Crippen molar-refractivity contribution in [2.75, 3.05) is 7.05 Å². The molecule has 0 saturated heterocycles. The summed E-state index contributed by atoms with van der Waals surface area (Å²) in [5.74, 6) is 0. The number of aromatic nitrogens is 5. The first-order chi connectivity index (χ1) is 11.6. The van der Waals surface area contributed by atoms with Crippen LogP contribution in [0.3, 0.4) is 0 Å². The van der Waals surface area contributed by atoms with Crippen molar-refractivity contribution in [2.45, 2.75) is 52.6 Å². The lowest BCUT2D eigenvalue weighted by atomic mass is 9.96. The average Bonchev–Trinajstić information content (AvgIpc) is 3.13. The molecule has 1 aliphatic rings. The number of hydrogen-bond donors (Lipinski definition) is 1. The molecule has 3 aromatic heterocycles. The zero-order valence-electron chi connectivity index (χ0n) is 14.6. The van der Waals surface area contributed by atoms with Gasteiger partial charge in [0.25, 0.3) is 0 Å². The minimum atomic E-state index is 0.820. The molecule has 4 rings (SSSR count). The number of H-pyrrole nitrogens is 1. The number of aromatic amines is 1. The normalized spacial score (nSPS) is 14.5. The third-order valence-corrected chi connectivity index (χ3v) is 4.85. The van der Waals surface area contributed by atoms with Crippen LogP contribution < -0.4 is 0 Å². The second-order valence-electron chi connectivity index (χ2n) is 6.95. The summed E-state index contributed by atoms with van der Waals surface area (Å²) in [5, 5.41) is 12.3. The lowest BCUT2D eigenvalue weighted by Gasteiger charge is -2.17. The third-order valence-electron chi connectivity index (χ3n) is 4.85. The topological polar surface area (TPSA) is 62.1 Å². The van der Waals surface area contributed by atoms with E-state index in [9.17, 15) is 0 Å². The molecule has 0 fully saturated rings.